The quantitative estimate of drug-likeness (QED) is 0.506. The van der Waals surface area contributed by atoms with E-state index in [9.17, 15) is 9.59 Å². The van der Waals surface area contributed by atoms with Gasteiger partial charge in [0.05, 0.1) is 28.8 Å². The maximum absolute atomic E-state index is 11.6. The van der Waals surface area contributed by atoms with Crippen molar-refractivity contribution >= 4 is 35.5 Å². The molecule has 0 amide bonds. The van der Waals surface area contributed by atoms with Crippen LogP contribution in [0.4, 0.5) is 0 Å². The summed E-state index contributed by atoms with van der Waals surface area (Å²) in [6.07, 6.45) is 0. The molecule has 1 aromatic carbocycles. The Kier molecular flexibility index (Phi) is 8.42. The van der Waals surface area contributed by atoms with Crippen molar-refractivity contribution in [3.8, 4) is 0 Å². The SMILES string of the molecule is CCOC(=O)CSC(C)(SCC(=O)OCC)c1ccccc1. The van der Waals surface area contributed by atoms with E-state index in [-0.39, 0.29) is 23.4 Å². The van der Waals surface area contributed by atoms with Gasteiger partial charge in [0.25, 0.3) is 0 Å². The van der Waals surface area contributed by atoms with E-state index in [0.29, 0.717) is 13.2 Å². The molecule has 122 valence electrons. The van der Waals surface area contributed by atoms with Gasteiger partial charge in [-0.2, -0.15) is 0 Å². The Morgan fingerprint density at radius 1 is 0.955 bits per heavy atom. The Morgan fingerprint density at radius 2 is 1.41 bits per heavy atom. The van der Waals surface area contributed by atoms with Crippen molar-refractivity contribution in [3.63, 3.8) is 0 Å². The molecule has 1 aromatic rings. The molecule has 0 aliphatic rings. The van der Waals surface area contributed by atoms with Crippen molar-refractivity contribution in [1.82, 2.24) is 0 Å². The molecule has 0 unspecified atom stereocenters. The van der Waals surface area contributed by atoms with Crippen LogP contribution in [0.3, 0.4) is 0 Å². The molecule has 0 N–H and O–H groups in total. The van der Waals surface area contributed by atoms with Crippen molar-refractivity contribution in [2.24, 2.45) is 0 Å². The van der Waals surface area contributed by atoms with Crippen LogP contribution in [0.1, 0.15) is 26.3 Å². The Bertz CT molecular complexity index is 454. The number of carbonyl (C=O) groups excluding carboxylic acids is 2. The fourth-order valence-corrected chi connectivity index (χ4v) is 3.99. The molecule has 0 bridgehead atoms. The first-order valence-electron chi connectivity index (χ1n) is 7.16. The molecule has 0 atom stereocenters. The van der Waals surface area contributed by atoms with Gasteiger partial charge in [-0.05, 0) is 26.3 Å². The molecule has 0 spiro atoms. The molecule has 0 aliphatic carbocycles. The van der Waals surface area contributed by atoms with Gasteiger partial charge in [0.2, 0.25) is 0 Å². The summed E-state index contributed by atoms with van der Waals surface area (Å²) in [6, 6.07) is 9.83. The highest BCUT2D eigenvalue weighted by Gasteiger charge is 2.30. The number of rotatable bonds is 9. The van der Waals surface area contributed by atoms with Gasteiger partial charge in [-0.3, -0.25) is 9.59 Å². The van der Waals surface area contributed by atoms with Crippen LogP contribution in [0, 0.1) is 0 Å². The van der Waals surface area contributed by atoms with Gasteiger partial charge < -0.3 is 9.47 Å². The number of thioether (sulfide) groups is 2. The van der Waals surface area contributed by atoms with Gasteiger partial charge in [0.1, 0.15) is 0 Å². The third-order valence-corrected chi connectivity index (χ3v) is 5.88. The summed E-state index contributed by atoms with van der Waals surface area (Å²) < 4.78 is 9.54. The number of hydrogen-bond donors (Lipinski definition) is 0. The van der Waals surface area contributed by atoms with Crippen LogP contribution in [0.5, 0.6) is 0 Å². The molecule has 1 rings (SSSR count). The first-order valence-corrected chi connectivity index (χ1v) is 9.13. The van der Waals surface area contributed by atoms with Gasteiger partial charge in [-0.1, -0.05) is 30.3 Å². The zero-order valence-electron chi connectivity index (χ0n) is 13.2. The van der Waals surface area contributed by atoms with E-state index in [1.165, 1.54) is 23.5 Å². The van der Waals surface area contributed by atoms with Gasteiger partial charge in [-0.25, -0.2) is 0 Å². The topological polar surface area (TPSA) is 52.6 Å². The highest BCUT2D eigenvalue weighted by atomic mass is 32.2. The summed E-state index contributed by atoms with van der Waals surface area (Å²) >= 11 is 2.93. The smallest absolute Gasteiger partial charge is 0.315 e. The lowest BCUT2D eigenvalue weighted by Gasteiger charge is -2.28. The van der Waals surface area contributed by atoms with E-state index >= 15 is 0 Å². The zero-order valence-corrected chi connectivity index (χ0v) is 14.8. The van der Waals surface area contributed by atoms with Crippen molar-refractivity contribution < 1.29 is 19.1 Å². The zero-order chi connectivity index (χ0) is 16.4. The minimum Gasteiger partial charge on any atom is -0.465 e. The van der Waals surface area contributed by atoms with Crippen LogP contribution in [-0.2, 0) is 23.1 Å². The lowest BCUT2D eigenvalue weighted by Crippen LogP contribution is -2.20. The third-order valence-electron chi connectivity index (χ3n) is 2.84. The van der Waals surface area contributed by atoms with E-state index in [1.807, 2.05) is 37.3 Å². The average molecular weight is 342 g/mol. The number of carbonyl (C=O) groups is 2. The fraction of sp³-hybridized carbons (Fsp3) is 0.500. The number of hydrogen-bond acceptors (Lipinski definition) is 6. The average Bonchev–Trinajstić information content (AvgIpc) is 2.52. The Labute approximate surface area is 140 Å². The van der Waals surface area contributed by atoms with Crippen molar-refractivity contribution in [1.29, 1.82) is 0 Å². The Balaban J connectivity index is 2.76. The molecule has 0 radical (unpaired) electrons. The van der Waals surface area contributed by atoms with Crippen LogP contribution < -0.4 is 0 Å². The van der Waals surface area contributed by atoms with Crippen molar-refractivity contribution in [3.05, 3.63) is 35.9 Å². The fourth-order valence-electron chi connectivity index (χ4n) is 1.75. The van der Waals surface area contributed by atoms with E-state index in [2.05, 4.69) is 0 Å². The van der Waals surface area contributed by atoms with Gasteiger partial charge in [0.15, 0.2) is 0 Å². The molecule has 4 nitrogen and oxygen atoms in total. The van der Waals surface area contributed by atoms with Crippen LogP contribution in [0.25, 0.3) is 0 Å². The minimum atomic E-state index is -0.416. The van der Waals surface area contributed by atoms with E-state index in [1.54, 1.807) is 13.8 Å². The molecule has 0 aliphatic heterocycles. The van der Waals surface area contributed by atoms with E-state index < -0.39 is 4.08 Å². The first kappa shape index (κ1) is 18.9. The maximum Gasteiger partial charge on any atom is 0.315 e. The van der Waals surface area contributed by atoms with Crippen molar-refractivity contribution in [2.75, 3.05) is 24.7 Å². The number of benzene rings is 1. The molecule has 0 saturated heterocycles. The van der Waals surface area contributed by atoms with E-state index in [0.717, 1.165) is 5.56 Å². The van der Waals surface area contributed by atoms with Gasteiger partial charge in [-0.15, -0.1) is 23.5 Å². The second-order valence-electron chi connectivity index (χ2n) is 4.50. The van der Waals surface area contributed by atoms with Crippen LogP contribution in [0.2, 0.25) is 0 Å². The standard InChI is InChI=1S/C16H22O4S2/c1-4-19-14(17)11-21-16(3,13-9-7-6-8-10-13)22-12-15(18)20-5-2/h6-10H,4-5,11-12H2,1-3H3. The second-order valence-corrected chi connectivity index (χ2v) is 7.55. The maximum atomic E-state index is 11.6. The molecule has 0 aromatic heterocycles. The summed E-state index contributed by atoms with van der Waals surface area (Å²) in [5.74, 6) is 0.00203. The molecule has 0 fully saturated rings. The number of esters is 2. The van der Waals surface area contributed by atoms with E-state index in [4.69, 9.17) is 9.47 Å². The highest BCUT2D eigenvalue weighted by Crippen LogP contribution is 2.46. The van der Waals surface area contributed by atoms with Crippen molar-refractivity contribution in [2.45, 2.75) is 24.9 Å². The predicted molar refractivity (Wildman–Crippen MR) is 92.0 cm³/mol. The third kappa shape index (κ3) is 6.32. The summed E-state index contributed by atoms with van der Waals surface area (Å²) in [6.45, 7) is 6.33. The molecular formula is C16H22O4S2. The molecule has 0 saturated carbocycles. The van der Waals surface area contributed by atoms with Crippen LogP contribution in [0.15, 0.2) is 30.3 Å². The monoisotopic (exact) mass is 342 g/mol. The predicted octanol–water partition coefficient (Wildman–Crippen LogP) is 3.45. The van der Waals surface area contributed by atoms with Gasteiger partial charge in [0, 0.05) is 0 Å². The normalized spacial score (nSPS) is 11.0. The largest absolute Gasteiger partial charge is 0.465 e. The Hall–Kier alpha value is -1.14. The first-order chi connectivity index (χ1) is 10.5. The summed E-state index contributed by atoms with van der Waals surface area (Å²) in [5.41, 5.74) is 1.05. The molecule has 22 heavy (non-hydrogen) atoms. The summed E-state index contributed by atoms with van der Waals surface area (Å²) in [4.78, 5) is 23.2. The lowest BCUT2D eigenvalue weighted by atomic mass is 10.2. The molecule has 6 heteroatoms. The molecular weight excluding hydrogens is 320 g/mol. The highest BCUT2D eigenvalue weighted by molar-refractivity contribution is 8.18. The number of ether oxygens (including phenoxy) is 2. The minimum absolute atomic E-state index is 0.244. The van der Waals surface area contributed by atoms with Crippen LogP contribution in [-0.4, -0.2) is 36.7 Å². The second kappa shape index (κ2) is 9.79. The summed E-state index contributed by atoms with van der Waals surface area (Å²) in [7, 11) is 0. The molecule has 0 heterocycles. The Morgan fingerprint density at radius 3 is 1.82 bits per heavy atom. The van der Waals surface area contributed by atoms with Gasteiger partial charge >= 0.3 is 11.9 Å². The summed E-state index contributed by atoms with van der Waals surface area (Å²) in [5, 5.41) is 0. The van der Waals surface area contributed by atoms with Crippen LogP contribution >= 0.6 is 23.5 Å². The lowest BCUT2D eigenvalue weighted by molar-refractivity contribution is -0.140.